The topological polar surface area (TPSA) is 68.8 Å². The van der Waals surface area contributed by atoms with Gasteiger partial charge in [-0.3, -0.25) is 0 Å². The molecule has 1 aliphatic rings. The molecular weight excluding hydrogens is 266 g/mol. The lowest BCUT2D eigenvalue weighted by atomic mass is 10.2. The van der Waals surface area contributed by atoms with Gasteiger partial charge < -0.3 is 14.3 Å². The van der Waals surface area contributed by atoms with Gasteiger partial charge in [0.2, 0.25) is 11.8 Å². The first-order chi connectivity index (χ1) is 10.3. The summed E-state index contributed by atoms with van der Waals surface area (Å²) in [7, 11) is 0. The number of hydrogen-bond acceptors (Lipinski definition) is 5. The fourth-order valence-corrected chi connectivity index (χ4v) is 2.55. The summed E-state index contributed by atoms with van der Waals surface area (Å²) in [6.45, 7) is 3.23. The molecule has 0 aromatic carbocycles. The first-order valence-corrected chi connectivity index (χ1v) is 7.25. The van der Waals surface area contributed by atoms with E-state index >= 15 is 0 Å². The molecule has 1 N–H and O–H groups in total. The summed E-state index contributed by atoms with van der Waals surface area (Å²) in [4.78, 5) is 4.49. The van der Waals surface area contributed by atoms with E-state index in [1.165, 1.54) is 23.8 Å². The van der Waals surface area contributed by atoms with Crippen LogP contribution >= 0.6 is 0 Å². The SMILES string of the molecule is Cc1nnc(Cn2cc(CNC3CC3)c3cccnc32)o1. The van der Waals surface area contributed by atoms with Crippen LogP contribution in [-0.2, 0) is 13.1 Å². The summed E-state index contributed by atoms with van der Waals surface area (Å²) in [6, 6.07) is 4.78. The fourth-order valence-electron chi connectivity index (χ4n) is 2.55. The number of nitrogens with one attached hydrogen (secondary N) is 1. The number of hydrogen-bond donors (Lipinski definition) is 1. The third-order valence-electron chi connectivity index (χ3n) is 3.75. The van der Waals surface area contributed by atoms with Gasteiger partial charge >= 0.3 is 0 Å². The van der Waals surface area contributed by atoms with E-state index in [0.29, 0.717) is 24.4 Å². The highest BCUT2D eigenvalue weighted by molar-refractivity contribution is 5.80. The third-order valence-corrected chi connectivity index (χ3v) is 3.75. The van der Waals surface area contributed by atoms with Crippen LogP contribution in [0.2, 0.25) is 0 Å². The minimum atomic E-state index is 0.553. The van der Waals surface area contributed by atoms with Crippen molar-refractivity contribution in [1.82, 2.24) is 25.1 Å². The second kappa shape index (κ2) is 4.96. The van der Waals surface area contributed by atoms with Gasteiger partial charge in [0, 0.05) is 37.3 Å². The van der Waals surface area contributed by atoms with Crippen molar-refractivity contribution in [2.45, 2.75) is 38.9 Å². The van der Waals surface area contributed by atoms with Gasteiger partial charge in [0.1, 0.15) is 12.2 Å². The van der Waals surface area contributed by atoms with Crippen LogP contribution in [0.5, 0.6) is 0 Å². The molecule has 0 bridgehead atoms. The van der Waals surface area contributed by atoms with Crippen molar-refractivity contribution in [2.24, 2.45) is 0 Å². The lowest BCUT2D eigenvalue weighted by Gasteiger charge is -2.00. The second-order valence-corrected chi connectivity index (χ2v) is 5.53. The molecule has 21 heavy (non-hydrogen) atoms. The van der Waals surface area contributed by atoms with Crippen molar-refractivity contribution in [3.8, 4) is 0 Å². The van der Waals surface area contributed by atoms with Crippen LogP contribution in [0.25, 0.3) is 11.0 Å². The minimum absolute atomic E-state index is 0.553. The van der Waals surface area contributed by atoms with E-state index in [0.717, 1.165) is 12.2 Å². The predicted molar refractivity (Wildman–Crippen MR) is 77.7 cm³/mol. The average molecular weight is 283 g/mol. The predicted octanol–water partition coefficient (Wildman–Crippen LogP) is 2.03. The molecule has 0 amide bonds. The summed E-state index contributed by atoms with van der Waals surface area (Å²) < 4.78 is 7.54. The highest BCUT2D eigenvalue weighted by Crippen LogP contribution is 2.23. The van der Waals surface area contributed by atoms with E-state index < -0.39 is 0 Å². The summed E-state index contributed by atoms with van der Waals surface area (Å²) in [5.41, 5.74) is 2.22. The fraction of sp³-hybridized carbons (Fsp3) is 0.400. The molecule has 3 heterocycles. The molecule has 0 aliphatic heterocycles. The normalized spacial score (nSPS) is 14.9. The van der Waals surface area contributed by atoms with Gasteiger partial charge in [-0.25, -0.2) is 4.98 Å². The van der Waals surface area contributed by atoms with Gasteiger partial charge in [-0.2, -0.15) is 0 Å². The van der Waals surface area contributed by atoms with Crippen LogP contribution in [0.15, 0.2) is 28.9 Å². The Morgan fingerprint density at radius 3 is 3.05 bits per heavy atom. The van der Waals surface area contributed by atoms with E-state index in [9.17, 15) is 0 Å². The maximum atomic E-state index is 5.47. The van der Waals surface area contributed by atoms with Crippen molar-refractivity contribution in [3.63, 3.8) is 0 Å². The van der Waals surface area contributed by atoms with Crippen LogP contribution in [0.3, 0.4) is 0 Å². The van der Waals surface area contributed by atoms with Gasteiger partial charge in [0.25, 0.3) is 0 Å². The number of pyridine rings is 1. The lowest BCUT2D eigenvalue weighted by molar-refractivity contribution is 0.456. The Hall–Kier alpha value is -2.21. The molecule has 1 saturated carbocycles. The van der Waals surface area contributed by atoms with Crippen LogP contribution < -0.4 is 5.32 Å². The van der Waals surface area contributed by atoms with Crippen molar-refractivity contribution in [2.75, 3.05) is 0 Å². The molecule has 0 atom stereocenters. The molecule has 0 saturated heterocycles. The van der Waals surface area contributed by atoms with Gasteiger partial charge in [-0.15, -0.1) is 10.2 Å². The Morgan fingerprint density at radius 1 is 1.38 bits per heavy atom. The molecule has 1 fully saturated rings. The van der Waals surface area contributed by atoms with Crippen molar-refractivity contribution in [3.05, 3.63) is 41.9 Å². The Bertz CT molecular complexity index is 771. The van der Waals surface area contributed by atoms with Gasteiger partial charge in [0.05, 0.1) is 0 Å². The number of rotatable bonds is 5. The van der Waals surface area contributed by atoms with Crippen LogP contribution in [0, 0.1) is 6.92 Å². The largest absolute Gasteiger partial charge is 0.424 e. The zero-order chi connectivity index (χ0) is 14.2. The molecule has 6 heteroatoms. The molecule has 0 unspecified atom stereocenters. The van der Waals surface area contributed by atoms with Gasteiger partial charge in [-0.1, -0.05) is 0 Å². The standard InChI is InChI=1S/C15H17N5O/c1-10-18-19-14(21-10)9-20-8-11(7-17-12-4-5-12)13-3-2-6-16-15(13)20/h2-3,6,8,12,17H,4-5,7,9H2,1H3. The van der Waals surface area contributed by atoms with Crippen LogP contribution in [0.4, 0.5) is 0 Å². The van der Waals surface area contributed by atoms with E-state index in [1.807, 2.05) is 12.3 Å². The van der Waals surface area contributed by atoms with Gasteiger partial charge in [-0.05, 0) is 30.5 Å². The molecule has 3 aromatic rings. The van der Waals surface area contributed by atoms with E-state index in [-0.39, 0.29) is 0 Å². The number of aryl methyl sites for hydroxylation is 1. The molecule has 108 valence electrons. The van der Waals surface area contributed by atoms with Crippen molar-refractivity contribution in [1.29, 1.82) is 0 Å². The number of nitrogens with zero attached hydrogens (tertiary/aromatic N) is 4. The summed E-state index contributed by atoms with van der Waals surface area (Å²) in [5.74, 6) is 1.20. The molecular formula is C15H17N5O. The van der Waals surface area contributed by atoms with E-state index in [1.54, 1.807) is 6.92 Å². The van der Waals surface area contributed by atoms with Crippen molar-refractivity contribution < 1.29 is 4.42 Å². The first kappa shape index (κ1) is 12.5. The smallest absolute Gasteiger partial charge is 0.236 e. The Morgan fingerprint density at radius 2 is 2.29 bits per heavy atom. The monoisotopic (exact) mass is 283 g/mol. The highest BCUT2D eigenvalue weighted by Gasteiger charge is 2.21. The third kappa shape index (κ3) is 2.54. The molecule has 1 aliphatic carbocycles. The quantitative estimate of drug-likeness (QED) is 0.776. The second-order valence-electron chi connectivity index (χ2n) is 5.53. The lowest BCUT2D eigenvalue weighted by Crippen LogP contribution is -2.14. The summed E-state index contributed by atoms with van der Waals surface area (Å²) in [5, 5.41) is 12.7. The van der Waals surface area contributed by atoms with E-state index in [2.05, 4.69) is 37.3 Å². The number of fused-ring (bicyclic) bond motifs is 1. The molecule has 0 spiro atoms. The van der Waals surface area contributed by atoms with Crippen LogP contribution in [0.1, 0.15) is 30.2 Å². The zero-order valence-corrected chi connectivity index (χ0v) is 11.9. The average Bonchev–Trinajstić information content (AvgIpc) is 3.15. The Kier molecular flexibility index (Phi) is 2.96. The molecule has 6 nitrogen and oxygen atoms in total. The molecule has 4 rings (SSSR count). The Labute approximate surface area is 122 Å². The molecule has 0 radical (unpaired) electrons. The Balaban J connectivity index is 1.66. The maximum absolute atomic E-state index is 5.47. The van der Waals surface area contributed by atoms with Crippen LogP contribution in [-0.4, -0.2) is 25.8 Å². The zero-order valence-electron chi connectivity index (χ0n) is 11.9. The maximum Gasteiger partial charge on any atom is 0.236 e. The summed E-state index contributed by atoms with van der Waals surface area (Å²) in [6.07, 6.45) is 6.53. The highest BCUT2D eigenvalue weighted by atomic mass is 16.4. The first-order valence-electron chi connectivity index (χ1n) is 7.25. The van der Waals surface area contributed by atoms with E-state index in [4.69, 9.17) is 4.42 Å². The van der Waals surface area contributed by atoms with Crippen molar-refractivity contribution >= 4 is 11.0 Å². The molecule has 3 aromatic heterocycles. The number of aromatic nitrogens is 4. The summed E-state index contributed by atoms with van der Waals surface area (Å²) >= 11 is 0. The minimum Gasteiger partial charge on any atom is -0.424 e. The van der Waals surface area contributed by atoms with Gasteiger partial charge in [0.15, 0.2) is 0 Å².